The molecule has 0 saturated carbocycles. The van der Waals surface area contributed by atoms with Crippen molar-refractivity contribution in [2.75, 3.05) is 33.4 Å². The Morgan fingerprint density at radius 1 is 1.44 bits per heavy atom. The summed E-state index contributed by atoms with van der Waals surface area (Å²) in [6.45, 7) is 3.05. The first kappa shape index (κ1) is 15.3. The van der Waals surface area contributed by atoms with E-state index in [0.29, 0.717) is 13.1 Å². The van der Waals surface area contributed by atoms with Gasteiger partial charge in [-0.3, -0.25) is 4.79 Å². The second-order valence-corrected chi connectivity index (χ2v) is 4.91. The molecule has 0 aromatic carbocycles. The maximum atomic E-state index is 11.8. The summed E-state index contributed by atoms with van der Waals surface area (Å²) >= 11 is 0. The average molecular weight is 264 g/mol. The molecule has 1 aliphatic heterocycles. The number of hydrogen-bond donors (Lipinski definition) is 1. The van der Waals surface area contributed by atoms with E-state index >= 15 is 0 Å². The zero-order chi connectivity index (χ0) is 13.6. The molecule has 18 heavy (non-hydrogen) atoms. The molecule has 1 rings (SSSR count). The lowest BCUT2D eigenvalue weighted by molar-refractivity contribution is -0.134. The van der Waals surface area contributed by atoms with Crippen molar-refractivity contribution in [1.29, 1.82) is 0 Å². The molecular formula is C12H22F2N2O2. The number of hydrogen-bond acceptors (Lipinski definition) is 3. The highest BCUT2D eigenvalue weighted by atomic mass is 19.3. The van der Waals surface area contributed by atoms with Crippen LogP contribution < -0.4 is 5.32 Å². The summed E-state index contributed by atoms with van der Waals surface area (Å²) in [6.07, 6.45) is -0.463. The second-order valence-electron chi connectivity index (χ2n) is 4.91. The fourth-order valence-corrected chi connectivity index (χ4v) is 1.99. The molecule has 4 nitrogen and oxygen atoms in total. The molecule has 1 heterocycles. The number of rotatable bonds is 6. The van der Waals surface area contributed by atoms with Gasteiger partial charge in [-0.2, -0.15) is 0 Å². The lowest BCUT2D eigenvalue weighted by atomic mass is 9.90. The molecule has 6 heteroatoms. The molecule has 1 fully saturated rings. The van der Waals surface area contributed by atoms with Gasteiger partial charge in [0.1, 0.15) is 6.61 Å². The van der Waals surface area contributed by atoms with Crippen molar-refractivity contribution in [3.05, 3.63) is 0 Å². The fourth-order valence-electron chi connectivity index (χ4n) is 1.99. The van der Waals surface area contributed by atoms with Gasteiger partial charge < -0.3 is 15.0 Å². The van der Waals surface area contributed by atoms with Gasteiger partial charge >= 0.3 is 0 Å². The van der Waals surface area contributed by atoms with E-state index in [-0.39, 0.29) is 24.5 Å². The van der Waals surface area contributed by atoms with Gasteiger partial charge in [0.25, 0.3) is 6.43 Å². The number of carbonyl (C=O) groups is 1. The second kappa shape index (κ2) is 6.99. The van der Waals surface area contributed by atoms with E-state index in [1.807, 2.05) is 7.05 Å². The first-order valence-corrected chi connectivity index (χ1v) is 6.29. The van der Waals surface area contributed by atoms with E-state index < -0.39 is 13.0 Å². The third-order valence-electron chi connectivity index (χ3n) is 3.53. The van der Waals surface area contributed by atoms with Crippen LogP contribution in [0.25, 0.3) is 0 Å². The Labute approximate surface area is 107 Å². The van der Waals surface area contributed by atoms with E-state index in [4.69, 9.17) is 4.74 Å². The predicted octanol–water partition coefficient (Wildman–Crippen LogP) is 1.26. The van der Waals surface area contributed by atoms with Gasteiger partial charge in [0.2, 0.25) is 5.91 Å². The molecular weight excluding hydrogens is 242 g/mol. The topological polar surface area (TPSA) is 41.6 Å². The number of amides is 1. The number of nitrogens with one attached hydrogen (secondary N) is 1. The molecule has 0 unspecified atom stereocenters. The maximum Gasteiger partial charge on any atom is 0.261 e. The first-order valence-electron chi connectivity index (χ1n) is 6.29. The van der Waals surface area contributed by atoms with Crippen LogP contribution in [0.5, 0.6) is 0 Å². The number of halogens is 2. The maximum absolute atomic E-state index is 11.8. The van der Waals surface area contributed by atoms with E-state index in [2.05, 4.69) is 12.2 Å². The number of likely N-dealkylation sites (tertiary alicyclic amines) is 1. The summed E-state index contributed by atoms with van der Waals surface area (Å²) in [7, 11) is 1.93. The molecule has 1 aliphatic rings. The summed E-state index contributed by atoms with van der Waals surface area (Å²) in [6, 6.07) is 0. The summed E-state index contributed by atoms with van der Waals surface area (Å²) in [5, 5.41) is 3.26. The summed E-state index contributed by atoms with van der Waals surface area (Å²) < 4.78 is 28.3. The lowest BCUT2D eigenvalue weighted by Gasteiger charge is -2.39. The molecule has 0 aromatic heterocycles. The van der Waals surface area contributed by atoms with Gasteiger partial charge in [0.15, 0.2) is 0 Å². The number of alkyl halides is 2. The Morgan fingerprint density at radius 3 is 2.56 bits per heavy atom. The van der Waals surface area contributed by atoms with E-state index in [1.165, 1.54) is 0 Å². The molecule has 1 N–H and O–H groups in total. The number of ether oxygens (including phenoxy) is 1. The fraction of sp³-hybridized carbons (Fsp3) is 0.917. The quantitative estimate of drug-likeness (QED) is 0.734. The SMILES string of the molecule is CNC1(C)CCN(C(=O)CCOCC(F)F)CC1. The molecule has 0 radical (unpaired) electrons. The first-order chi connectivity index (χ1) is 8.47. The Bertz CT molecular complexity index is 267. The van der Waals surface area contributed by atoms with Crippen LogP contribution >= 0.6 is 0 Å². The minimum Gasteiger partial charge on any atom is -0.375 e. The van der Waals surface area contributed by atoms with Crippen LogP contribution in [0.2, 0.25) is 0 Å². The summed E-state index contributed by atoms with van der Waals surface area (Å²) in [5.41, 5.74) is 0.100. The monoisotopic (exact) mass is 264 g/mol. The van der Waals surface area contributed by atoms with Crippen molar-refractivity contribution in [3.8, 4) is 0 Å². The van der Waals surface area contributed by atoms with Crippen LogP contribution in [0.1, 0.15) is 26.2 Å². The minimum atomic E-state index is -2.47. The lowest BCUT2D eigenvalue weighted by Crippen LogP contribution is -2.51. The average Bonchev–Trinajstić information content (AvgIpc) is 2.35. The van der Waals surface area contributed by atoms with E-state index in [1.54, 1.807) is 4.90 Å². The molecule has 0 aromatic rings. The third kappa shape index (κ3) is 4.86. The van der Waals surface area contributed by atoms with Crippen LogP contribution in [0, 0.1) is 0 Å². The molecule has 0 aliphatic carbocycles. The van der Waals surface area contributed by atoms with Gasteiger partial charge in [-0.15, -0.1) is 0 Å². The smallest absolute Gasteiger partial charge is 0.261 e. The summed E-state index contributed by atoms with van der Waals surface area (Å²) in [4.78, 5) is 13.6. The zero-order valence-corrected chi connectivity index (χ0v) is 11.0. The van der Waals surface area contributed by atoms with Crippen molar-refractivity contribution in [1.82, 2.24) is 10.2 Å². The molecule has 1 saturated heterocycles. The van der Waals surface area contributed by atoms with Crippen molar-refractivity contribution in [2.45, 2.75) is 38.2 Å². The third-order valence-corrected chi connectivity index (χ3v) is 3.53. The van der Waals surface area contributed by atoms with Gasteiger partial charge in [0.05, 0.1) is 13.0 Å². The standard InChI is InChI=1S/C12H22F2N2O2/c1-12(15-2)4-6-16(7-5-12)11(17)3-8-18-9-10(13)14/h10,15H,3-9H2,1-2H3. The van der Waals surface area contributed by atoms with Crippen molar-refractivity contribution < 1.29 is 18.3 Å². The molecule has 1 amide bonds. The van der Waals surface area contributed by atoms with Crippen LogP contribution in [0.3, 0.4) is 0 Å². The van der Waals surface area contributed by atoms with Gasteiger partial charge in [-0.25, -0.2) is 8.78 Å². The van der Waals surface area contributed by atoms with Crippen LogP contribution in [0.4, 0.5) is 8.78 Å². The Hall–Kier alpha value is -0.750. The normalized spacial score (nSPS) is 19.3. The van der Waals surface area contributed by atoms with Crippen molar-refractivity contribution in [3.63, 3.8) is 0 Å². The molecule has 0 atom stereocenters. The predicted molar refractivity (Wildman–Crippen MR) is 64.7 cm³/mol. The molecule has 0 bridgehead atoms. The van der Waals surface area contributed by atoms with E-state index in [9.17, 15) is 13.6 Å². The highest BCUT2D eigenvalue weighted by Crippen LogP contribution is 2.21. The number of piperidine rings is 1. The Balaban J connectivity index is 2.20. The Morgan fingerprint density at radius 2 is 2.06 bits per heavy atom. The van der Waals surface area contributed by atoms with Crippen LogP contribution in [-0.2, 0) is 9.53 Å². The summed E-state index contributed by atoms with van der Waals surface area (Å²) in [5.74, 6) is -0.0116. The van der Waals surface area contributed by atoms with Crippen molar-refractivity contribution >= 4 is 5.91 Å². The van der Waals surface area contributed by atoms with Gasteiger partial charge in [-0.1, -0.05) is 0 Å². The Kier molecular flexibility index (Phi) is 5.95. The zero-order valence-electron chi connectivity index (χ0n) is 11.0. The molecule has 0 spiro atoms. The minimum absolute atomic E-state index is 0.0116. The number of nitrogens with zero attached hydrogens (tertiary/aromatic N) is 1. The number of carbonyl (C=O) groups excluding carboxylic acids is 1. The highest BCUT2D eigenvalue weighted by molar-refractivity contribution is 5.76. The molecule has 106 valence electrons. The van der Waals surface area contributed by atoms with Crippen molar-refractivity contribution in [2.24, 2.45) is 0 Å². The van der Waals surface area contributed by atoms with Crippen LogP contribution in [0.15, 0.2) is 0 Å². The van der Waals surface area contributed by atoms with Gasteiger partial charge in [-0.05, 0) is 26.8 Å². The highest BCUT2D eigenvalue weighted by Gasteiger charge is 2.29. The van der Waals surface area contributed by atoms with Crippen LogP contribution in [-0.4, -0.2) is 56.1 Å². The van der Waals surface area contributed by atoms with E-state index in [0.717, 1.165) is 12.8 Å². The largest absolute Gasteiger partial charge is 0.375 e. The van der Waals surface area contributed by atoms with Gasteiger partial charge in [0, 0.05) is 18.6 Å².